The molecule has 11 nitrogen and oxygen atoms in total. The summed E-state index contributed by atoms with van der Waals surface area (Å²) in [7, 11) is -8.58. The van der Waals surface area contributed by atoms with Crippen LogP contribution in [-0.2, 0) is 20.2 Å². The molecular formula is C18H27N5O6S4. The zero-order valence-corrected chi connectivity index (χ0v) is 21.3. The number of anilines is 2. The van der Waals surface area contributed by atoms with Crippen LogP contribution >= 0.6 is 23.5 Å². The van der Waals surface area contributed by atoms with Gasteiger partial charge in [0.05, 0.1) is 21.2 Å². The van der Waals surface area contributed by atoms with Crippen molar-refractivity contribution in [2.24, 2.45) is 0 Å². The minimum Gasteiger partial charge on any atom is -0.346 e. The fraction of sp³-hybridized carbons (Fsp3) is 0.333. The van der Waals surface area contributed by atoms with Crippen molar-refractivity contribution in [1.29, 1.82) is 0 Å². The average molecular weight is 538 g/mol. The lowest BCUT2D eigenvalue weighted by atomic mass is 10.3. The lowest BCUT2D eigenvalue weighted by molar-refractivity contribution is 0.480. The molecule has 0 bridgehead atoms. The van der Waals surface area contributed by atoms with Gasteiger partial charge < -0.3 is 22.1 Å². The highest BCUT2D eigenvalue weighted by Gasteiger charge is 2.36. The smallest absolute Gasteiger partial charge is 0.294 e. The Bertz CT molecular complexity index is 1150. The Hall–Kier alpha value is -1.56. The minimum absolute atomic E-state index is 0. The van der Waals surface area contributed by atoms with Crippen LogP contribution in [0.1, 0.15) is 13.8 Å². The second-order valence-corrected chi connectivity index (χ2v) is 12.0. The molecule has 9 N–H and O–H groups in total. The average Bonchev–Trinajstić information content (AvgIpc) is 3.21. The zero-order valence-electron chi connectivity index (χ0n) is 18.0. The number of benzene rings is 2. The molecule has 0 aliphatic carbocycles. The van der Waals surface area contributed by atoms with Gasteiger partial charge in [0.1, 0.15) is 11.0 Å². The Kier molecular flexibility index (Phi) is 8.36. The number of nitrogens with one attached hydrogen (secondary N) is 1. The summed E-state index contributed by atoms with van der Waals surface area (Å²) in [5.41, 5.74) is 1.35. The number of nitrogens with zero attached hydrogens (tertiary/aromatic N) is 2. The predicted octanol–water partition coefficient (Wildman–Crippen LogP) is 3.22. The Labute approximate surface area is 202 Å². The van der Waals surface area contributed by atoms with Crippen molar-refractivity contribution in [2.75, 3.05) is 22.9 Å². The third kappa shape index (κ3) is 5.26. The minimum atomic E-state index is -4.29. The normalized spacial score (nSPS) is 19.5. The maximum atomic E-state index is 11.5. The molecule has 0 spiro atoms. The second kappa shape index (κ2) is 9.97. The molecule has 2 unspecified atom stereocenters. The van der Waals surface area contributed by atoms with Crippen LogP contribution in [0.5, 0.6) is 0 Å². The first-order valence-corrected chi connectivity index (χ1v) is 14.0. The fourth-order valence-corrected chi connectivity index (χ4v) is 7.54. The molecule has 0 fully saturated rings. The van der Waals surface area contributed by atoms with Gasteiger partial charge in [-0.15, -0.1) is 0 Å². The van der Waals surface area contributed by atoms with Crippen LogP contribution in [0.3, 0.4) is 0 Å². The molecule has 15 heteroatoms. The Morgan fingerprint density at radius 2 is 1.15 bits per heavy atom. The van der Waals surface area contributed by atoms with Crippen LogP contribution in [0.4, 0.5) is 11.4 Å². The zero-order chi connectivity index (χ0) is 22.6. The van der Waals surface area contributed by atoms with Gasteiger partial charge in [-0.1, -0.05) is 23.5 Å². The van der Waals surface area contributed by atoms with Crippen molar-refractivity contribution in [2.45, 2.75) is 44.4 Å². The molecule has 2 aromatic rings. The summed E-state index contributed by atoms with van der Waals surface area (Å²) in [6, 6.07) is 9.06. The largest absolute Gasteiger partial charge is 0.346 e. The summed E-state index contributed by atoms with van der Waals surface area (Å²) in [6.07, 6.45) is 0. The standard InChI is InChI=1S/C18H21N3O6S4.2H3N/c1-3-20-13-7-5-11(30(22,23)24)9-15(13)28-17(20)19-18-21(4-2)14-8-6-12(31(25,26)27)10-16(14)29-18;;/h5-10,17-19H,3-4H2,1-2H3,(H,22,23,24)(H,25,26,27);2*1H3. The Morgan fingerprint density at radius 3 is 1.45 bits per heavy atom. The monoisotopic (exact) mass is 537 g/mol. The van der Waals surface area contributed by atoms with E-state index in [4.69, 9.17) is 0 Å². The summed E-state index contributed by atoms with van der Waals surface area (Å²) < 4.78 is 64.7. The molecule has 2 atom stereocenters. The lowest BCUT2D eigenvalue weighted by Crippen LogP contribution is -2.50. The highest BCUT2D eigenvalue weighted by Crippen LogP contribution is 2.47. The molecule has 184 valence electrons. The molecule has 0 radical (unpaired) electrons. The van der Waals surface area contributed by atoms with Crippen molar-refractivity contribution in [3.8, 4) is 0 Å². The van der Waals surface area contributed by atoms with E-state index in [-0.39, 0.29) is 33.1 Å². The topological polar surface area (TPSA) is 197 Å². The van der Waals surface area contributed by atoms with Crippen LogP contribution in [0.15, 0.2) is 56.0 Å². The van der Waals surface area contributed by atoms with Gasteiger partial charge in [-0.25, -0.2) is 0 Å². The van der Waals surface area contributed by atoms with E-state index < -0.39 is 20.2 Å². The van der Waals surface area contributed by atoms with E-state index in [1.54, 1.807) is 12.1 Å². The van der Waals surface area contributed by atoms with Crippen LogP contribution in [0.25, 0.3) is 0 Å². The number of fused-ring (bicyclic) bond motifs is 2. The summed E-state index contributed by atoms with van der Waals surface area (Å²) in [4.78, 5) is 5.37. The number of hydrogen-bond acceptors (Lipinski definition) is 11. The molecule has 2 heterocycles. The van der Waals surface area contributed by atoms with Gasteiger partial charge in [0, 0.05) is 22.9 Å². The van der Waals surface area contributed by atoms with E-state index in [1.165, 1.54) is 47.8 Å². The molecule has 2 aliphatic heterocycles. The van der Waals surface area contributed by atoms with Crippen molar-refractivity contribution in [3.63, 3.8) is 0 Å². The summed E-state index contributed by atoms with van der Waals surface area (Å²) in [6.45, 7) is 5.33. The SMILES string of the molecule is CCN1c2ccc(S(=O)(=O)O)cc2SC1NC1Sc2cc(S(=O)(=O)O)ccc2N1CC.N.N. The quantitative estimate of drug-likeness (QED) is 0.337. The first-order valence-electron chi connectivity index (χ1n) is 9.38. The lowest BCUT2D eigenvalue weighted by Gasteiger charge is -2.32. The molecule has 4 rings (SSSR count). The van der Waals surface area contributed by atoms with E-state index in [2.05, 4.69) is 15.1 Å². The molecule has 2 aliphatic rings. The Balaban J connectivity index is 0.00000193. The maximum Gasteiger partial charge on any atom is 0.294 e. The van der Waals surface area contributed by atoms with Gasteiger partial charge in [-0.05, 0) is 50.2 Å². The van der Waals surface area contributed by atoms with Gasteiger partial charge in [0.15, 0.2) is 0 Å². The van der Waals surface area contributed by atoms with Gasteiger partial charge in [-0.3, -0.25) is 14.4 Å². The maximum absolute atomic E-state index is 11.5. The molecule has 33 heavy (non-hydrogen) atoms. The second-order valence-electron chi connectivity index (χ2n) is 6.89. The van der Waals surface area contributed by atoms with Crippen molar-refractivity contribution >= 4 is 55.1 Å². The predicted molar refractivity (Wildman–Crippen MR) is 131 cm³/mol. The molecule has 0 saturated carbocycles. The highest BCUT2D eigenvalue weighted by atomic mass is 32.2. The Morgan fingerprint density at radius 1 is 0.788 bits per heavy atom. The van der Waals surface area contributed by atoms with Gasteiger partial charge in [-0.2, -0.15) is 16.8 Å². The third-order valence-corrected chi connectivity index (χ3v) is 9.18. The van der Waals surface area contributed by atoms with Crippen LogP contribution < -0.4 is 27.4 Å². The number of hydrogen-bond donors (Lipinski definition) is 5. The van der Waals surface area contributed by atoms with Crippen molar-refractivity contribution in [3.05, 3.63) is 36.4 Å². The van der Waals surface area contributed by atoms with E-state index in [0.29, 0.717) is 13.1 Å². The van der Waals surface area contributed by atoms with Crippen LogP contribution in [0.2, 0.25) is 0 Å². The summed E-state index contributed by atoms with van der Waals surface area (Å²) in [5.74, 6) is 0. The van der Waals surface area contributed by atoms with Crippen molar-refractivity contribution < 1.29 is 25.9 Å². The fourth-order valence-electron chi connectivity index (χ4n) is 3.64. The highest BCUT2D eigenvalue weighted by molar-refractivity contribution is 8.01. The van der Waals surface area contributed by atoms with Gasteiger partial charge in [0.2, 0.25) is 0 Å². The molecule has 0 saturated heterocycles. The van der Waals surface area contributed by atoms with E-state index in [0.717, 1.165) is 21.2 Å². The van der Waals surface area contributed by atoms with Crippen LogP contribution in [0, 0.1) is 0 Å². The number of thioether (sulfide) groups is 2. The third-order valence-electron chi connectivity index (χ3n) is 5.09. The first-order chi connectivity index (χ1) is 14.5. The van der Waals surface area contributed by atoms with Gasteiger partial charge in [0.25, 0.3) is 20.2 Å². The van der Waals surface area contributed by atoms with E-state index in [9.17, 15) is 25.9 Å². The molecule has 0 amide bonds. The number of rotatable bonds is 6. The summed E-state index contributed by atoms with van der Waals surface area (Å²) >= 11 is 2.90. The first kappa shape index (κ1) is 27.7. The van der Waals surface area contributed by atoms with Gasteiger partial charge >= 0.3 is 0 Å². The summed E-state index contributed by atoms with van der Waals surface area (Å²) in [5, 5.41) is 3.54. The molecule has 2 aromatic carbocycles. The molecule has 0 aromatic heterocycles. The van der Waals surface area contributed by atoms with E-state index >= 15 is 0 Å². The van der Waals surface area contributed by atoms with E-state index in [1.807, 2.05) is 13.8 Å². The van der Waals surface area contributed by atoms with Crippen LogP contribution in [-0.4, -0.2) is 50.0 Å². The molecular weight excluding hydrogens is 510 g/mol. The van der Waals surface area contributed by atoms with Crippen molar-refractivity contribution in [1.82, 2.24) is 17.6 Å².